The van der Waals surface area contributed by atoms with Crippen LogP contribution in [0.25, 0.3) is 0 Å². The van der Waals surface area contributed by atoms with E-state index in [1.165, 1.54) is 5.57 Å². The Hall–Kier alpha value is -0.560. The maximum atomic E-state index is 5.07. The van der Waals surface area contributed by atoms with Gasteiger partial charge in [0.15, 0.2) is 0 Å². The summed E-state index contributed by atoms with van der Waals surface area (Å²) >= 11 is 0. The van der Waals surface area contributed by atoms with Crippen LogP contribution >= 0.6 is 0 Å². The van der Waals surface area contributed by atoms with Crippen molar-refractivity contribution in [1.29, 1.82) is 0 Å². The van der Waals surface area contributed by atoms with Gasteiger partial charge >= 0.3 is 0 Å². The third kappa shape index (κ3) is 106. The second-order valence-corrected chi connectivity index (χ2v) is 2.07. The second-order valence-electron chi connectivity index (χ2n) is 2.07. The van der Waals surface area contributed by atoms with Crippen LogP contribution in [0.15, 0.2) is 24.8 Å². The lowest BCUT2D eigenvalue weighted by Gasteiger charge is -1.74. The van der Waals surface area contributed by atoms with Gasteiger partial charge in [-0.25, -0.2) is 0 Å². The van der Waals surface area contributed by atoms with Gasteiger partial charge in [-0.05, 0) is 26.8 Å². The van der Waals surface area contributed by atoms with Crippen LogP contribution < -0.4 is 5.73 Å². The average molecular weight is 127 g/mol. The van der Waals surface area contributed by atoms with Crippen molar-refractivity contribution >= 4 is 0 Å². The smallest absolute Gasteiger partial charge is 0.00427 e. The predicted molar refractivity (Wildman–Crippen MR) is 44.4 cm³/mol. The minimum absolute atomic E-state index is 0.726. The molecule has 1 heteroatoms. The Balaban J connectivity index is 0. The molecule has 0 bridgehead atoms. The number of nitrogens with two attached hydrogens (primary N) is 1. The van der Waals surface area contributed by atoms with Crippen LogP contribution in [0, 0.1) is 0 Å². The zero-order valence-corrected chi connectivity index (χ0v) is 6.48. The van der Waals surface area contributed by atoms with E-state index in [1.807, 2.05) is 13.8 Å². The van der Waals surface area contributed by atoms with Crippen molar-refractivity contribution in [2.24, 2.45) is 5.73 Å². The largest absolute Gasteiger partial charge is 0.330 e. The van der Waals surface area contributed by atoms with Crippen LogP contribution in [-0.2, 0) is 0 Å². The summed E-state index contributed by atoms with van der Waals surface area (Å²) in [6.07, 6.45) is 2.74. The molecule has 0 aliphatic rings. The molecule has 0 unspecified atom stereocenters. The highest BCUT2D eigenvalue weighted by Crippen LogP contribution is 1.73. The minimum atomic E-state index is 0.726. The topological polar surface area (TPSA) is 26.0 Å². The molecule has 0 aliphatic heterocycles. The Morgan fingerprint density at radius 1 is 1.56 bits per heavy atom. The molecule has 0 radical (unpaired) electrons. The van der Waals surface area contributed by atoms with Crippen LogP contribution in [0.1, 0.15) is 20.3 Å². The SMILES string of the molecule is C=C(C)C.C=CCCN. The van der Waals surface area contributed by atoms with E-state index in [2.05, 4.69) is 13.2 Å². The van der Waals surface area contributed by atoms with E-state index >= 15 is 0 Å². The molecule has 0 saturated heterocycles. The van der Waals surface area contributed by atoms with Gasteiger partial charge in [-0.3, -0.25) is 0 Å². The van der Waals surface area contributed by atoms with Crippen LogP contribution in [0.4, 0.5) is 0 Å². The summed E-state index contributed by atoms with van der Waals surface area (Å²) in [7, 11) is 0. The van der Waals surface area contributed by atoms with Gasteiger partial charge in [-0.2, -0.15) is 0 Å². The fourth-order valence-electron chi connectivity index (χ4n) is 0.118. The molecule has 2 N–H and O–H groups in total. The first-order valence-electron chi connectivity index (χ1n) is 3.08. The Labute approximate surface area is 58.3 Å². The first-order chi connectivity index (χ1) is 4.15. The van der Waals surface area contributed by atoms with E-state index in [4.69, 9.17) is 5.73 Å². The van der Waals surface area contributed by atoms with Crippen molar-refractivity contribution < 1.29 is 0 Å². The Morgan fingerprint density at radius 3 is 1.89 bits per heavy atom. The number of hydrogen-bond acceptors (Lipinski definition) is 1. The summed E-state index contributed by atoms with van der Waals surface area (Å²) in [5.41, 5.74) is 6.23. The van der Waals surface area contributed by atoms with Gasteiger partial charge < -0.3 is 5.73 Å². The average Bonchev–Trinajstić information content (AvgIpc) is 1.66. The molecular weight excluding hydrogens is 110 g/mol. The Bertz CT molecular complexity index is 70.6. The molecular formula is C8H17N. The fourth-order valence-corrected chi connectivity index (χ4v) is 0.118. The quantitative estimate of drug-likeness (QED) is 0.565. The van der Waals surface area contributed by atoms with Gasteiger partial charge in [0.05, 0.1) is 0 Å². The fraction of sp³-hybridized carbons (Fsp3) is 0.500. The lowest BCUT2D eigenvalue weighted by molar-refractivity contribution is 1.01. The normalized spacial score (nSPS) is 7.00. The molecule has 0 atom stereocenters. The molecule has 0 fully saturated rings. The third-order valence-corrected chi connectivity index (χ3v) is 0.371. The summed E-state index contributed by atoms with van der Waals surface area (Å²) in [6, 6.07) is 0. The molecule has 0 aliphatic carbocycles. The lowest BCUT2D eigenvalue weighted by atomic mass is 10.4. The standard InChI is InChI=1S/C4H9N.C4H8/c1-2-3-4-5;1-4(2)3/h2H,1,3-5H2;1H2,2-3H3. The van der Waals surface area contributed by atoms with Crippen LogP contribution in [0.2, 0.25) is 0 Å². The van der Waals surface area contributed by atoms with E-state index in [-0.39, 0.29) is 0 Å². The van der Waals surface area contributed by atoms with Gasteiger partial charge in [0, 0.05) is 0 Å². The summed E-state index contributed by atoms with van der Waals surface area (Å²) < 4.78 is 0. The lowest BCUT2D eigenvalue weighted by Crippen LogP contribution is -1.94. The van der Waals surface area contributed by atoms with Crippen molar-refractivity contribution in [2.75, 3.05) is 6.54 Å². The predicted octanol–water partition coefficient (Wildman–Crippen LogP) is 2.10. The van der Waals surface area contributed by atoms with Gasteiger partial charge in [0.2, 0.25) is 0 Å². The number of hydrogen-bond donors (Lipinski definition) is 1. The maximum Gasteiger partial charge on any atom is -0.00427 e. The second kappa shape index (κ2) is 10.4. The van der Waals surface area contributed by atoms with E-state index in [9.17, 15) is 0 Å². The zero-order valence-electron chi connectivity index (χ0n) is 6.48. The molecule has 0 spiro atoms. The molecule has 54 valence electrons. The summed E-state index contributed by atoms with van der Waals surface area (Å²) in [4.78, 5) is 0. The molecule has 0 saturated carbocycles. The van der Waals surface area contributed by atoms with Crippen molar-refractivity contribution in [3.63, 3.8) is 0 Å². The summed E-state index contributed by atoms with van der Waals surface area (Å²) in [6.45, 7) is 11.7. The number of allylic oxidation sites excluding steroid dienone is 1. The van der Waals surface area contributed by atoms with E-state index in [0.29, 0.717) is 0 Å². The molecule has 0 amide bonds. The molecule has 0 aromatic rings. The summed E-state index contributed by atoms with van der Waals surface area (Å²) in [5.74, 6) is 0. The van der Waals surface area contributed by atoms with E-state index in [0.717, 1.165) is 13.0 Å². The molecule has 0 aromatic carbocycles. The molecule has 1 nitrogen and oxygen atoms in total. The van der Waals surface area contributed by atoms with Gasteiger partial charge in [-0.15, -0.1) is 13.2 Å². The molecule has 0 aromatic heterocycles. The highest BCUT2D eigenvalue weighted by Gasteiger charge is 1.61. The van der Waals surface area contributed by atoms with Crippen LogP contribution in [0.5, 0.6) is 0 Å². The first-order valence-corrected chi connectivity index (χ1v) is 3.08. The van der Waals surface area contributed by atoms with Crippen molar-refractivity contribution in [3.05, 3.63) is 24.8 Å². The number of rotatable bonds is 2. The molecule has 0 heterocycles. The van der Waals surface area contributed by atoms with Crippen molar-refractivity contribution in [2.45, 2.75) is 20.3 Å². The van der Waals surface area contributed by atoms with Crippen LogP contribution in [-0.4, -0.2) is 6.54 Å². The maximum absolute atomic E-state index is 5.07. The Kier molecular flexibility index (Phi) is 13.1. The zero-order chi connectivity index (χ0) is 7.70. The molecule has 0 rings (SSSR count). The summed E-state index contributed by atoms with van der Waals surface area (Å²) in [5, 5.41) is 0. The Morgan fingerprint density at radius 2 is 1.89 bits per heavy atom. The highest BCUT2D eigenvalue weighted by molar-refractivity contribution is 4.78. The van der Waals surface area contributed by atoms with Crippen LogP contribution in [0.3, 0.4) is 0 Å². The van der Waals surface area contributed by atoms with E-state index in [1.54, 1.807) is 6.08 Å². The van der Waals surface area contributed by atoms with Gasteiger partial charge in [-0.1, -0.05) is 11.6 Å². The molecule has 9 heavy (non-hydrogen) atoms. The van der Waals surface area contributed by atoms with Crippen molar-refractivity contribution in [1.82, 2.24) is 0 Å². The van der Waals surface area contributed by atoms with E-state index < -0.39 is 0 Å². The van der Waals surface area contributed by atoms with Gasteiger partial charge in [0.1, 0.15) is 0 Å². The third-order valence-electron chi connectivity index (χ3n) is 0.371. The van der Waals surface area contributed by atoms with Gasteiger partial charge in [0.25, 0.3) is 0 Å². The monoisotopic (exact) mass is 127 g/mol. The van der Waals surface area contributed by atoms with Crippen molar-refractivity contribution in [3.8, 4) is 0 Å². The first kappa shape index (κ1) is 11.3. The minimum Gasteiger partial charge on any atom is -0.330 e. The highest BCUT2D eigenvalue weighted by atomic mass is 14.5.